The molecule has 146 valence electrons. The van der Waals surface area contributed by atoms with Gasteiger partial charge in [0.1, 0.15) is 11.6 Å². The molecule has 3 aromatic rings. The average Bonchev–Trinajstić information content (AvgIpc) is 3.09. The van der Waals surface area contributed by atoms with E-state index in [2.05, 4.69) is 15.5 Å². The van der Waals surface area contributed by atoms with E-state index in [0.717, 1.165) is 5.56 Å². The highest BCUT2D eigenvalue weighted by Crippen LogP contribution is 2.27. The number of carbonyl (C=O) groups excluding carboxylic acids is 1. The number of anilines is 1. The van der Waals surface area contributed by atoms with Crippen LogP contribution in [0.2, 0.25) is 0 Å². The lowest BCUT2D eigenvalue weighted by atomic mass is 10.2. The van der Waals surface area contributed by atoms with Gasteiger partial charge in [-0.15, -0.1) is 10.2 Å². The summed E-state index contributed by atoms with van der Waals surface area (Å²) in [6.07, 6.45) is 0. The normalized spacial score (nSPS) is 10.7. The van der Waals surface area contributed by atoms with Gasteiger partial charge in [0.2, 0.25) is 5.91 Å². The van der Waals surface area contributed by atoms with Crippen LogP contribution in [-0.4, -0.2) is 33.5 Å². The van der Waals surface area contributed by atoms with Crippen molar-refractivity contribution in [3.8, 4) is 17.1 Å². The number of hydrogen-bond acceptors (Lipinski definition) is 5. The van der Waals surface area contributed by atoms with E-state index < -0.39 is 0 Å². The highest BCUT2D eigenvalue weighted by molar-refractivity contribution is 7.99. The van der Waals surface area contributed by atoms with Gasteiger partial charge in [0.15, 0.2) is 11.0 Å². The third-order valence-electron chi connectivity index (χ3n) is 4.11. The Kier molecular flexibility index (Phi) is 6.30. The van der Waals surface area contributed by atoms with E-state index in [1.807, 2.05) is 32.0 Å². The third kappa shape index (κ3) is 4.33. The van der Waals surface area contributed by atoms with Crippen molar-refractivity contribution in [1.82, 2.24) is 14.8 Å². The molecule has 28 heavy (non-hydrogen) atoms. The van der Waals surface area contributed by atoms with E-state index in [9.17, 15) is 9.18 Å². The number of amides is 1. The minimum atomic E-state index is -0.356. The van der Waals surface area contributed by atoms with Crippen molar-refractivity contribution in [2.24, 2.45) is 0 Å². The fourth-order valence-corrected chi connectivity index (χ4v) is 3.56. The van der Waals surface area contributed by atoms with Crippen LogP contribution >= 0.6 is 11.8 Å². The molecule has 0 fully saturated rings. The summed E-state index contributed by atoms with van der Waals surface area (Å²) in [5.74, 6) is 0.649. The van der Waals surface area contributed by atoms with Crippen LogP contribution in [0.15, 0.2) is 47.6 Å². The van der Waals surface area contributed by atoms with E-state index in [1.54, 1.807) is 29.9 Å². The molecule has 0 unspecified atom stereocenters. The van der Waals surface area contributed by atoms with E-state index in [4.69, 9.17) is 4.74 Å². The summed E-state index contributed by atoms with van der Waals surface area (Å²) in [5, 5.41) is 11.7. The van der Waals surface area contributed by atoms with Crippen molar-refractivity contribution >= 4 is 23.4 Å². The van der Waals surface area contributed by atoms with Crippen molar-refractivity contribution in [1.29, 1.82) is 0 Å². The van der Waals surface area contributed by atoms with E-state index in [-0.39, 0.29) is 17.5 Å². The number of aryl methyl sites for hydroxylation is 1. The molecule has 2 aromatic carbocycles. The zero-order valence-electron chi connectivity index (χ0n) is 15.9. The van der Waals surface area contributed by atoms with Gasteiger partial charge in [-0.25, -0.2) is 4.39 Å². The van der Waals surface area contributed by atoms with Crippen LogP contribution in [0.1, 0.15) is 12.5 Å². The first kappa shape index (κ1) is 19.9. The van der Waals surface area contributed by atoms with E-state index in [1.165, 1.54) is 17.8 Å². The second kappa shape index (κ2) is 8.88. The number of aromatic nitrogens is 3. The molecule has 1 heterocycles. The number of ether oxygens (including phenoxy) is 1. The van der Waals surface area contributed by atoms with Gasteiger partial charge >= 0.3 is 0 Å². The highest BCUT2D eigenvalue weighted by atomic mass is 32.2. The first-order valence-electron chi connectivity index (χ1n) is 8.78. The average molecular weight is 400 g/mol. The van der Waals surface area contributed by atoms with Crippen LogP contribution in [0.4, 0.5) is 10.1 Å². The summed E-state index contributed by atoms with van der Waals surface area (Å²) >= 11 is 1.25. The van der Waals surface area contributed by atoms with Gasteiger partial charge in [0.25, 0.3) is 0 Å². The van der Waals surface area contributed by atoms with Crippen LogP contribution in [-0.2, 0) is 11.3 Å². The lowest BCUT2D eigenvalue weighted by Gasteiger charge is -2.11. The molecule has 0 radical (unpaired) electrons. The molecule has 3 rings (SSSR count). The maximum Gasteiger partial charge on any atom is 0.234 e. The van der Waals surface area contributed by atoms with Gasteiger partial charge in [-0.3, -0.25) is 4.79 Å². The summed E-state index contributed by atoms with van der Waals surface area (Å²) in [6.45, 7) is 4.43. The standard InChI is InChI=1S/C20H21FN4O2S/c1-4-25-19(14-7-5-6-8-15(14)21)23-24-20(25)28-12-18(26)22-16-11-13(2)9-10-17(16)27-3/h5-11H,4,12H2,1-3H3,(H,22,26). The van der Waals surface area contributed by atoms with E-state index in [0.29, 0.717) is 34.5 Å². The van der Waals surface area contributed by atoms with Gasteiger partial charge in [0.05, 0.1) is 24.1 Å². The fraction of sp³-hybridized carbons (Fsp3) is 0.250. The maximum atomic E-state index is 14.1. The number of hydrogen-bond donors (Lipinski definition) is 1. The van der Waals surface area contributed by atoms with Gasteiger partial charge in [-0.05, 0) is 43.7 Å². The Labute approximate surface area is 167 Å². The zero-order chi connectivity index (χ0) is 20.1. The largest absolute Gasteiger partial charge is 0.495 e. The summed E-state index contributed by atoms with van der Waals surface area (Å²) in [7, 11) is 1.56. The number of halogens is 1. The summed E-state index contributed by atoms with van der Waals surface area (Å²) in [6, 6.07) is 12.0. The lowest BCUT2D eigenvalue weighted by molar-refractivity contribution is -0.113. The first-order valence-corrected chi connectivity index (χ1v) is 9.77. The van der Waals surface area contributed by atoms with Crippen molar-refractivity contribution in [2.45, 2.75) is 25.5 Å². The maximum absolute atomic E-state index is 14.1. The van der Waals surface area contributed by atoms with Crippen molar-refractivity contribution in [2.75, 3.05) is 18.2 Å². The summed E-state index contributed by atoms with van der Waals surface area (Å²) < 4.78 is 21.2. The molecule has 0 spiro atoms. The quantitative estimate of drug-likeness (QED) is 0.604. The molecule has 1 aromatic heterocycles. The smallest absolute Gasteiger partial charge is 0.234 e. The molecule has 0 aliphatic rings. The molecule has 1 amide bonds. The topological polar surface area (TPSA) is 69.0 Å². The molecule has 0 aliphatic heterocycles. The number of benzene rings is 2. The van der Waals surface area contributed by atoms with Crippen LogP contribution in [0, 0.1) is 12.7 Å². The Bertz CT molecular complexity index is 990. The number of methoxy groups -OCH3 is 1. The molecule has 0 aliphatic carbocycles. The summed E-state index contributed by atoms with van der Waals surface area (Å²) in [4.78, 5) is 12.4. The molecule has 8 heteroatoms. The minimum Gasteiger partial charge on any atom is -0.495 e. The monoisotopic (exact) mass is 400 g/mol. The van der Waals surface area contributed by atoms with Gasteiger partial charge in [0, 0.05) is 6.54 Å². The third-order valence-corrected chi connectivity index (χ3v) is 5.08. The van der Waals surface area contributed by atoms with Gasteiger partial charge < -0.3 is 14.6 Å². The number of carbonyl (C=O) groups is 1. The second-order valence-electron chi connectivity index (χ2n) is 6.07. The Morgan fingerprint density at radius 3 is 2.75 bits per heavy atom. The number of thioether (sulfide) groups is 1. The molecular weight excluding hydrogens is 379 g/mol. The first-order chi connectivity index (χ1) is 13.5. The fourth-order valence-electron chi connectivity index (χ4n) is 2.76. The second-order valence-corrected chi connectivity index (χ2v) is 7.01. The van der Waals surface area contributed by atoms with Crippen molar-refractivity contribution in [3.05, 3.63) is 53.8 Å². The van der Waals surface area contributed by atoms with E-state index >= 15 is 0 Å². The Morgan fingerprint density at radius 1 is 1.25 bits per heavy atom. The van der Waals surface area contributed by atoms with Crippen molar-refractivity contribution < 1.29 is 13.9 Å². The summed E-state index contributed by atoms with van der Waals surface area (Å²) in [5.41, 5.74) is 2.03. The molecule has 1 N–H and O–H groups in total. The predicted octanol–water partition coefficient (Wildman–Crippen LogP) is 4.15. The number of nitrogens with zero attached hydrogens (tertiary/aromatic N) is 3. The molecular formula is C20H21FN4O2S. The Balaban J connectivity index is 1.72. The SMILES string of the molecule is CCn1c(SCC(=O)Nc2cc(C)ccc2OC)nnc1-c1ccccc1F. The van der Waals surface area contributed by atoms with Crippen LogP contribution < -0.4 is 10.1 Å². The molecule has 0 atom stereocenters. The number of nitrogens with one attached hydrogen (secondary N) is 1. The van der Waals surface area contributed by atoms with Gasteiger partial charge in [-0.2, -0.15) is 0 Å². The molecule has 0 bridgehead atoms. The lowest BCUT2D eigenvalue weighted by Crippen LogP contribution is -2.15. The molecule has 6 nitrogen and oxygen atoms in total. The van der Waals surface area contributed by atoms with Gasteiger partial charge in [-0.1, -0.05) is 30.0 Å². The van der Waals surface area contributed by atoms with Crippen molar-refractivity contribution in [3.63, 3.8) is 0 Å². The molecule has 0 saturated heterocycles. The minimum absolute atomic E-state index is 0.145. The van der Waals surface area contributed by atoms with Crippen LogP contribution in [0.3, 0.4) is 0 Å². The zero-order valence-corrected chi connectivity index (χ0v) is 16.7. The Hall–Kier alpha value is -2.87. The van der Waals surface area contributed by atoms with Crippen LogP contribution in [0.5, 0.6) is 5.75 Å². The Morgan fingerprint density at radius 2 is 2.04 bits per heavy atom. The molecule has 0 saturated carbocycles. The predicted molar refractivity (Wildman–Crippen MR) is 108 cm³/mol. The number of rotatable bonds is 7. The highest BCUT2D eigenvalue weighted by Gasteiger charge is 2.17. The van der Waals surface area contributed by atoms with Crippen LogP contribution in [0.25, 0.3) is 11.4 Å².